The zero-order valence-electron chi connectivity index (χ0n) is 14.0. The van der Waals surface area contributed by atoms with Crippen LogP contribution in [0.5, 0.6) is 0 Å². The molecule has 0 saturated heterocycles. The summed E-state index contributed by atoms with van der Waals surface area (Å²) >= 11 is 2.92. The molecule has 0 bridgehead atoms. The lowest BCUT2D eigenvalue weighted by Crippen LogP contribution is -2.41. The average Bonchev–Trinajstić information content (AvgIpc) is 3.20. The molecule has 130 valence electrons. The molecular formula is C15H21N5O2S2. The van der Waals surface area contributed by atoms with Crippen molar-refractivity contribution in [1.29, 1.82) is 0 Å². The maximum atomic E-state index is 12.3. The van der Waals surface area contributed by atoms with Gasteiger partial charge >= 0.3 is 0 Å². The summed E-state index contributed by atoms with van der Waals surface area (Å²) in [4.78, 5) is 26.5. The first-order valence-electron chi connectivity index (χ1n) is 7.67. The standard InChI is InChI=1S/C15H21N5O2S2/c1-4-16-12(21)9-20(5-2)13(22)10-24-15-18-17-14(19(15)3)11-7-6-8-23-11/h6-8H,4-5,9-10H2,1-3H3,(H,16,21). The van der Waals surface area contributed by atoms with E-state index in [1.165, 1.54) is 16.7 Å². The number of nitrogens with zero attached hydrogens (tertiary/aromatic N) is 4. The van der Waals surface area contributed by atoms with E-state index in [0.29, 0.717) is 18.2 Å². The maximum Gasteiger partial charge on any atom is 0.239 e. The molecule has 9 heteroatoms. The first-order valence-corrected chi connectivity index (χ1v) is 9.53. The van der Waals surface area contributed by atoms with Gasteiger partial charge in [-0.2, -0.15) is 0 Å². The van der Waals surface area contributed by atoms with Crippen molar-refractivity contribution in [3.63, 3.8) is 0 Å². The molecule has 2 aromatic heterocycles. The summed E-state index contributed by atoms with van der Waals surface area (Å²) in [7, 11) is 1.88. The molecule has 0 unspecified atom stereocenters. The van der Waals surface area contributed by atoms with Crippen LogP contribution in [0.4, 0.5) is 0 Å². The quantitative estimate of drug-likeness (QED) is 0.717. The Labute approximate surface area is 149 Å². The SMILES string of the molecule is CCNC(=O)CN(CC)C(=O)CSc1nnc(-c2cccs2)n1C. The predicted octanol–water partition coefficient (Wildman–Crippen LogP) is 1.62. The number of thiophene rings is 1. The lowest BCUT2D eigenvalue weighted by Gasteiger charge is -2.19. The highest BCUT2D eigenvalue weighted by atomic mass is 32.2. The van der Waals surface area contributed by atoms with E-state index in [2.05, 4.69) is 15.5 Å². The number of nitrogens with one attached hydrogen (secondary N) is 1. The minimum Gasteiger partial charge on any atom is -0.355 e. The third-order valence-electron chi connectivity index (χ3n) is 3.34. The number of aromatic nitrogens is 3. The highest BCUT2D eigenvalue weighted by molar-refractivity contribution is 7.99. The van der Waals surface area contributed by atoms with Crippen LogP contribution in [0, 0.1) is 0 Å². The van der Waals surface area contributed by atoms with Crippen LogP contribution in [0.3, 0.4) is 0 Å². The van der Waals surface area contributed by atoms with Gasteiger partial charge in [-0.25, -0.2) is 0 Å². The van der Waals surface area contributed by atoms with E-state index < -0.39 is 0 Å². The van der Waals surface area contributed by atoms with E-state index in [1.807, 2.05) is 43.0 Å². The van der Waals surface area contributed by atoms with Gasteiger partial charge in [-0.1, -0.05) is 17.8 Å². The zero-order chi connectivity index (χ0) is 17.5. The topological polar surface area (TPSA) is 80.1 Å². The van der Waals surface area contributed by atoms with Crippen molar-refractivity contribution in [2.75, 3.05) is 25.4 Å². The molecule has 1 N–H and O–H groups in total. The van der Waals surface area contributed by atoms with E-state index in [-0.39, 0.29) is 24.1 Å². The van der Waals surface area contributed by atoms with Crippen molar-refractivity contribution in [3.8, 4) is 10.7 Å². The molecule has 24 heavy (non-hydrogen) atoms. The van der Waals surface area contributed by atoms with Crippen LogP contribution in [0.25, 0.3) is 10.7 Å². The lowest BCUT2D eigenvalue weighted by atomic mass is 10.4. The second kappa shape index (κ2) is 8.84. The Kier molecular flexibility index (Phi) is 6.80. The Morgan fingerprint density at radius 3 is 2.79 bits per heavy atom. The van der Waals surface area contributed by atoms with Crippen molar-refractivity contribution < 1.29 is 9.59 Å². The summed E-state index contributed by atoms with van der Waals surface area (Å²) in [5.74, 6) is 0.782. The van der Waals surface area contributed by atoms with E-state index in [9.17, 15) is 9.59 Å². The smallest absolute Gasteiger partial charge is 0.239 e. The van der Waals surface area contributed by atoms with Crippen LogP contribution < -0.4 is 5.32 Å². The Bertz CT molecular complexity index is 684. The second-order valence-corrected chi connectivity index (χ2v) is 6.88. The van der Waals surface area contributed by atoms with Gasteiger partial charge in [-0.05, 0) is 25.3 Å². The van der Waals surface area contributed by atoms with Crippen LogP contribution in [0.15, 0.2) is 22.7 Å². The molecular weight excluding hydrogens is 346 g/mol. The predicted molar refractivity (Wildman–Crippen MR) is 96.0 cm³/mol. The number of thioether (sulfide) groups is 1. The highest BCUT2D eigenvalue weighted by Gasteiger charge is 2.18. The summed E-state index contributed by atoms with van der Waals surface area (Å²) < 4.78 is 1.88. The molecule has 0 aliphatic heterocycles. The van der Waals surface area contributed by atoms with Gasteiger partial charge in [0.05, 0.1) is 17.2 Å². The Morgan fingerprint density at radius 2 is 2.17 bits per heavy atom. The van der Waals surface area contributed by atoms with E-state index in [4.69, 9.17) is 0 Å². The maximum absolute atomic E-state index is 12.3. The van der Waals surface area contributed by atoms with Crippen molar-refractivity contribution in [1.82, 2.24) is 25.0 Å². The fourth-order valence-electron chi connectivity index (χ4n) is 2.08. The molecule has 0 atom stereocenters. The molecule has 0 spiro atoms. The van der Waals surface area contributed by atoms with Gasteiger partial charge in [0.1, 0.15) is 0 Å². The number of hydrogen-bond donors (Lipinski definition) is 1. The molecule has 0 saturated carbocycles. The molecule has 0 aromatic carbocycles. The van der Waals surface area contributed by atoms with Gasteiger partial charge < -0.3 is 14.8 Å². The largest absolute Gasteiger partial charge is 0.355 e. The van der Waals surface area contributed by atoms with Gasteiger partial charge in [0.25, 0.3) is 0 Å². The monoisotopic (exact) mass is 367 g/mol. The first kappa shape index (κ1) is 18.5. The van der Waals surface area contributed by atoms with E-state index in [1.54, 1.807) is 11.3 Å². The number of carbonyl (C=O) groups is 2. The summed E-state index contributed by atoms with van der Waals surface area (Å²) in [6.45, 7) is 4.85. The minimum absolute atomic E-state index is 0.0863. The van der Waals surface area contributed by atoms with E-state index >= 15 is 0 Å². The molecule has 2 amide bonds. The molecule has 0 fully saturated rings. The van der Waals surface area contributed by atoms with Crippen molar-refractivity contribution >= 4 is 34.9 Å². The average molecular weight is 368 g/mol. The second-order valence-electron chi connectivity index (χ2n) is 4.99. The molecule has 0 aliphatic carbocycles. The van der Waals surface area contributed by atoms with Crippen LogP contribution in [-0.2, 0) is 16.6 Å². The molecule has 2 aromatic rings. The van der Waals surface area contributed by atoms with Crippen LogP contribution in [0.1, 0.15) is 13.8 Å². The molecule has 2 heterocycles. The fourth-order valence-corrected chi connectivity index (χ4v) is 3.64. The summed E-state index contributed by atoms with van der Waals surface area (Å²) in [6.07, 6.45) is 0. The van der Waals surface area contributed by atoms with Gasteiger partial charge in [0, 0.05) is 20.1 Å². The summed E-state index contributed by atoms with van der Waals surface area (Å²) in [5, 5.41) is 13.7. The van der Waals surface area contributed by atoms with Crippen LogP contribution in [-0.4, -0.2) is 56.9 Å². The zero-order valence-corrected chi connectivity index (χ0v) is 15.6. The van der Waals surface area contributed by atoms with Crippen molar-refractivity contribution in [2.45, 2.75) is 19.0 Å². The molecule has 2 rings (SSSR count). The fraction of sp³-hybridized carbons (Fsp3) is 0.467. The summed E-state index contributed by atoms with van der Waals surface area (Å²) in [6, 6.07) is 3.95. The number of carbonyl (C=O) groups excluding carboxylic acids is 2. The third kappa shape index (κ3) is 4.57. The highest BCUT2D eigenvalue weighted by Crippen LogP contribution is 2.26. The number of rotatable bonds is 8. The Balaban J connectivity index is 1.95. The minimum atomic E-state index is -0.142. The molecule has 7 nitrogen and oxygen atoms in total. The van der Waals surface area contributed by atoms with Crippen molar-refractivity contribution in [2.24, 2.45) is 7.05 Å². The molecule has 0 aliphatic rings. The summed E-state index contributed by atoms with van der Waals surface area (Å²) in [5.41, 5.74) is 0. The van der Waals surface area contributed by atoms with Gasteiger partial charge in [-0.15, -0.1) is 21.5 Å². The van der Waals surface area contributed by atoms with Crippen LogP contribution >= 0.6 is 23.1 Å². The Morgan fingerprint density at radius 1 is 1.38 bits per heavy atom. The van der Waals surface area contributed by atoms with Crippen molar-refractivity contribution in [3.05, 3.63) is 17.5 Å². The lowest BCUT2D eigenvalue weighted by molar-refractivity contribution is -0.133. The van der Waals surface area contributed by atoms with Gasteiger partial charge in [0.2, 0.25) is 11.8 Å². The number of likely N-dealkylation sites (N-methyl/N-ethyl adjacent to an activating group) is 2. The van der Waals surface area contributed by atoms with Gasteiger partial charge in [0.15, 0.2) is 11.0 Å². The Hall–Kier alpha value is -1.87. The number of hydrogen-bond acceptors (Lipinski definition) is 6. The number of amides is 2. The van der Waals surface area contributed by atoms with E-state index in [0.717, 1.165) is 10.7 Å². The normalized spacial score (nSPS) is 10.6. The molecule has 0 radical (unpaired) electrons. The third-order valence-corrected chi connectivity index (χ3v) is 5.21. The van der Waals surface area contributed by atoms with Gasteiger partial charge in [-0.3, -0.25) is 9.59 Å². The van der Waals surface area contributed by atoms with Crippen LogP contribution in [0.2, 0.25) is 0 Å². The first-order chi connectivity index (χ1) is 11.6.